The zero-order valence-corrected chi connectivity index (χ0v) is 11.3. The van der Waals surface area contributed by atoms with Crippen molar-refractivity contribution in [2.75, 3.05) is 37.8 Å². The molecule has 1 aromatic carbocycles. The Hall–Kier alpha value is -1.80. The van der Waals surface area contributed by atoms with Crippen LogP contribution in [-0.2, 0) is 4.74 Å². The third-order valence-corrected chi connectivity index (χ3v) is 3.17. The molecule has 1 aliphatic rings. The van der Waals surface area contributed by atoms with Crippen molar-refractivity contribution in [3.05, 3.63) is 23.2 Å². The van der Waals surface area contributed by atoms with Crippen LogP contribution in [0, 0.1) is 5.39 Å². The van der Waals surface area contributed by atoms with E-state index in [1.54, 1.807) is 6.07 Å². The molecule has 0 aromatic heterocycles. The molecule has 1 fully saturated rings. The largest absolute Gasteiger partial charge is 0.491 e. The fourth-order valence-corrected chi connectivity index (χ4v) is 2.07. The van der Waals surface area contributed by atoms with Gasteiger partial charge in [-0.05, 0) is 12.5 Å². The Balaban J connectivity index is 2.18. The summed E-state index contributed by atoms with van der Waals surface area (Å²) in [6.45, 7) is 5.95. The highest BCUT2D eigenvalue weighted by molar-refractivity contribution is 5.66. The number of rotatable bonds is 5. The van der Waals surface area contributed by atoms with Crippen LogP contribution in [-0.4, -0.2) is 32.9 Å². The number of hydrogen-bond donors (Lipinski definition) is 0. The maximum Gasteiger partial charge on any atom is 0.387 e. The second-order valence-electron chi connectivity index (χ2n) is 4.55. The lowest BCUT2D eigenvalue weighted by Crippen LogP contribution is -2.36. The van der Waals surface area contributed by atoms with E-state index in [0.29, 0.717) is 12.3 Å². The van der Waals surface area contributed by atoms with Crippen molar-refractivity contribution >= 4 is 11.4 Å². The van der Waals surface area contributed by atoms with Gasteiger partial charge in [-0.25, -0.2) is 0 Å². The minimum absolute atomic E-state index is 0.546. The zero-order valence-electron chi connectivity index (χ0n) is 11.3. The first kappa shape index (κ1) is 13.6. The number of hydrogen-bond acceptors (Lipinski definition) is 4. The molecule has 5 heteroatoms. The molecule has 1 aromatic rings. The summed E-state index contributed by atoms with van der Waals surface area (Å²) in [5.41, 5.74) is 1.53. The summed E-state index contributed by atoms with van der Waals surface area (Å²) in [5.74, 6) is 0.850. The highest BCUT2D eigenvalue weighted by atomic mass is 16.5. The number of nitrogens with zero attached hydrogens (tertiary/aromatic N) is 3. The molecule has 1 heterocycles. The van der Waals surface area contributed by atoms with Crippen LogP contribution in [0.1, 0.15) is 19.8 Å². The molecule has 0 saturated carbocycles. The van der Waals surface area contributed by atoms with Crippen LogP contribution >= 0.6 is 0 Å². The van der Waals surface area contributed by atoms with E-state index in [9.17, 15) is 0 Å². The molecule has 5 nitrogen and oxygen atoms in total. The van der Waals surface area contributed by atoms with Gasteiger partial charge in [0, 0.05) is 19.2 Å². The first-order chi connectivity index (χ1) is 9.35. The average molecular weight is 262 g/mol. The van der Waals surface area contributed by atoms with Gasteiger partial charge in [0.25, 0.3) is 0 Å². The molecular formula is C14H20N3O2+. The van der Waals surface area contributed by atoms with Crippen LogP contribution in [0.15, 0.2) is 18.2 Å². The summed E-state index contributed by atoms with van der Waals surface area (Å²) in [7, 11) is 0. The van der Waals surface area contributed by atoms with Gasteiger partial charge < -0.3 is 14.4 Å². The van der Waals surface area contributed by atoms with Crippen LogP contribution in [0.2, 0.25) is 0 Å². The van der Waals surface area contributed by atoms with Crippen molar-refractivity contribution in [1.82, 2.24) is 0 Å². The van der Waals surface area contributed by atoms with Crippen molar-refractivity contribution in [2.24, 2.45) is 0 Å². The van der Waals surface area contributed by atoms with Crippen LogP contribution in [0.5, 0.6) is 5.75 Å². The molecule has 0 bridgehead atoms. The molecule has 0 aliphatic carbocycles. The predicted molar refractivity (Wildman–Crippen MR) is 74.6 cm³/mol. The SMILES string of the molecule is CCCCOc1ccc([N+]#N)cc1N1CCOCC1. The number of diazo groups is 1. The lowest BCUT2D eigenvalue weighted by molar-refractivity contribution is 0.122. The number of unbranched alkanes of at least 4 members (excludes halogenated alkanes) is 1. The summed E-state index contributed by atoms with van der Waals surface area (Å²) < 4.78 is 11.2. The Morgan fingerprint density at radius 2 is 2.16 bits per heavy atom. The van der Waals surface area contributed by atoms with Gasteiger partial charge in [-0.15, -0.1) is 0 Å². The highest BCUT2D eigenvalue weighted by Crippen LogP contribution is 2.33. The van der Waals surface area contributed by atoms with Gasteiger partial charge in [0.1, 0.15) is 5.75 Å². The van der Waals surface area contributed by atoms with Gasteiger partial charge in [-0.3, -0.25) is 0 Å². The topological polar surface area (TPSA) is 49.8 Å². The minimum atomic E-state index is 0.546. The van der Waals surface area contributed by atoms with Crippen LogP contribution in [0.25, 0.3) is 4.98 Å². The standard InChI is InChI=1S/C14H20N3O2/c1-2-3-8-19-14-5-4-12(16-15)11-13(14)17-6-9-18-10-7-17/h4-5,11H,2-3,6-10H2,1H3/q+1. The molecule has 0 amide bonds. The van der Waals surface area contributed by atoms with Gasteiger partial charge >= 0.3 is 5.69 Å². The normalized spacial score (nSPS) is 15.1. The summed E-state index contributed by atoms with van der Waals surface area (Å²) in [6.07, 6.45) is 2.14. The number of ether oxygens (including phenoxy) is 2. The van der Waals surface area contributed by atoms with E-state index < -0.39 is 0 Å². The summed E-state index contributed by atoms with van der Waals surface area (Å²) >= 11 is 0. The van der Waals surface area contributed by atoms with Crippen LogP contribution < -0.4 is 9.64 Å². The molecule has 0 radical (unpaired) electrons. The highest BCUT2D eigenvalue weighted by Gasteiger charge is 2.19. The number of benzene rings is 1. The Bertz CT molecular complexity index is 450. The van der Waals surface area contributed by atoms with E-state index in [4.69, 9.17) is 14.9 Å². The summed E-state index contributed by atoms with van der Waals surface area (Å²) in [6, 6.07) is 5.48. The Morgan fingerprint density at radius 1 is 1.37 bits per heavy atom. The molecule has 0 atom stereocenters. The smallest absolute Gasteiger partial charge is 0.387 e. The molecule has 19 heavy (non-hydrogen) atoms. The first-order valence-corrected chi connectivity index (χ1v) is 6.79. The lowest BCUT2D eigenvalue weighted by atomic mass is 10.2. The monoisotopic (exact) mass is 262 g/mol. The zero-order chi connectivity index (χ0) is 13.5. The number of morpholine rings is 1. The van der Waals surface area contributed by atoms with Crippen molar-refractivity contribution in [3.63, 3.8) is 0 Å². The maximum atomic E-state index is 8.91. The second kappa shape index (κ2) is 6.95. The number of anilines is 1. The van der Waals surface area contributed by atoms with Crippen LogP contribution in [0.3, 0.4) is 0 Å². The van der Waals surface area contributed by atoms with Crippen molar-refractivity contribution < 1.29 is 9.47 Å². The van der Waals surface area contributed by atoms with E-state index in [0.717, 1.165) is 50.6 Å². The Labute approximate surface area is 113 Å². The molecule has 102 valence electrons. The Morgan fingerprint density at radius 3 is 2.84 bits per heavy atom. The molecule has 0 unspecified atom stereocenters. The van der Waals surface area contributed by atoms with Crippen molar-refractivity contribution in [3.8, 4) is 5.75 Å². The van der Waals surface area contributed by atoms with Crippen LogP contribution in [0.4, 0.5) is 11.4 Å². The molecule has 2 rings (SSSR count). The maximum absolute atomic E-state index is 8.91. The lowest BCUT2D eigenvalue weighted by Gasteiger charge is -2.29. The van der Waals surface area contributed by atoms with Gasteiger partial charge in [-0.1, -0.05) is 13.3 Å². The third-order valence-electron chi connectivity index (χ3n) is 3.17. The fourth-order valence-electron chi connectivity index (χ4n) is 2.07. The predicted octanol–water partition coefficient (Wildman–Crippen LogP) is 3.19. The van der Waals surface area contributed by atoms with Gasteiger partial charge in [0.15, 0.2) is 4.98 Å². The molecule has 0 spiro atoms. The van der Waals surface area contributed by atoms with Gasteiger partial charge in [-0.2, -0.15) is 0 Å². The third kappa shape index (κ3) is 3.58. The quantitative estimate of drug-likeness (QED) is 0.604. The Kier molecular flexibility index (Phi) is 4.99. The van der Waals surface area contributed by atoms with Gasteiger partial charge in [0.2, 0.25) is 5.39 Å². The van der Waals surface area contributed by atoms with E-state index in [1.807, 2.05) is 12.1 Å². The molecule has 1 saturated heterocycles. The van der Waals surface area contributed by atoms with E-state index in [1.165, 1.54) is 0 Å². The minimum Gasteiger partial charge on any atom is -0.491 e. The van der Waals surface area contributed by atoms with Crippen molar-refractivity contribution in [1.29, 1.82) is 5.39 Å². The fraction of sp³-hybridized carbons (Fsp3) is 0.571. The molecule has 0 N–H and O–H groups in total. The molecular weight excluding hydrogens is 242 g/mol. The van der Waals surface area contributed by atoms with E-state index in [-0.39, 0.29) is 0 Å². The molecule has 1 aliphatic heterocycles. The summed E-state index contributed by atoms with van der Waals surface area (Å²) in [5, 5.41) is 8.91. The van der Waals surface area contributed by atoms with E-state index >= 15 is 0 Å². The van der Waals surface area contributed by atoms with Crippen molar-refractivity contribution in [2.45, 2.75) is 19.8 Å². The first-order valence-electron chi connectivity index (χ1n) is 6.79. The second-order valence-corrected chi connectivity index (χ2v) is 4.55. The van der Waals surface area contributed by atoms with Gasteiger partial charge in [0.05, 0.1) is 31.6 Å². The summed E-state index contributed by atoms with van der Waals surface area (Å²) in [4.78, 5) is 5.46. The van der Waals surface area contributed by atoms with E-state index in [2.05, 4.69) is 16.8 Å². The average Bonchev–Trinajstić information content (AvgIpc) is 2.48.